The molecule has 0 aliphatic heterocycles. The number of aromatic amines is 1. The molecule has 0 fully saturated rings. The number of aromatic nitrogens is 4. The molecular formula is C18H13Cl2FN6. The van der Waals surface area contributed by atoms with Gasteiger partial charge in [0.1, 0.15) is 0 Å². The number of H-pyrrole nitrogens is 1. The van der Waals surface area contributed by atoms with Crippen LogP contribution in [0.25, 0.3) is 10.9 Å². The molecular weight excluding hydrogens is 390 g/mol. The summed E-state index contributed by atoms with van der Waals surface area (Å²) in [6.45, 7) is 1.91. The van der Waals surface area contributed by atoms with Crippen LogP contribution in [0.1, 0.15) is 5.69 Å². The van der Waals surface area contributed by atoms with E-state index in [1.54, 1.807) is 18.2 Å². The molecule has 2 aromatic carbocycles. The normalized spacial score (nSPS) is 11.0. The third-order valence-corrected chi connectivity index (χ3v) is 4.68. The first-order valence-electron chi connectivity index (χ1n) is 7.96. The van der Waals surface area contributed by atoms with Gasteiger partial charge in [-0.05, 0) is 43.3 Å². The van der Waals surface area contributed by atoms with Crippen molar-refractivity contribution >= 4 is 57.2 Å². The first-order chi connectivity index (χ1) is 13.0. The summed E-state index contributed by atoms with van der Waals surface area (Å²) >= 11 is 11.9. The Morgan fingerprint density at radius 3 is 2.59 bits per heavy atom. The first kappa shape index (κ1) is 17.5. The number of anilines is 4. The van der Waals surface area contributed by atoms with Crippen LogP contribution in [0.15, 0.2) is 42.6 Å². The molecule has 0 saturated heterocycles. The van der Waals surface area contributed by atoms with E-state index in [0.717, 1.165) is 28.5 Å². The van der Waals surface area contributed by atoms with Gasteiger partial charge in [0, 0.05) is 16.8 Å². The molecule has 0 aliphatic rings. The Kier molecular flexibility index (Phi) is 4.55. The molecule has 136 valence electrons. The number of hydrogen-bond donors (Lipinski definition) is 3. The van der Waals surface area contributed by atoms with Crippen molar-refractivity contribution in [1.29, 1.82) is 0 Å². The van der Waals surface area contributed by atoms with Crippen molar-refractivity contribution in [2.24, 2.45) is 0 Å². The topological polar surface area (TPSA) is 78.5 Å². The van der Waals surface area contributed by atoms with Gasteiger partial charge >= 0.3 is 0 Å². The summed E-state index contributed by atoms with van der Waals surface area (Å²) in [6, 6.07) is 10.6. The molecule has 0 radical (unpaired) electrons. The maximum atomic E-state index is 14.1. The van der Waals surface area contributed by atoms with Crippen molar-refractivity contribution in [2.75, 3.05) is 10.6 Å². The highest BCUT2D eigenvalue weighted by atomic mass is 35.5. The highest BCUT2D eigenvalue weighted by molar-refractivity contribution is 6.42. The van der Waals surface area contributed by atoms with E-state index in [1.807, 2.05) is 25.1 Å². The zero-order valence-electron chi connectivity index (χ0n) is 14.0. The van der Waals surface area contributed by atoms with Crippen molar-refractivity contribution in [3.8, 4) is 0 Å². The number of hydrogen-bond acceptors (Lipinski definition) is 5. The van der Waals surface area contributed by atoms with Gasteiger partial charge in [-0.2, -0.15) is 10.1 Å². The summed E-state index contributed by atoms with van der Waals surface area (Å²) in [4.78, 5) is 8.19. The smallest absolute Gasteiger partial charge is 0.229 e. The van der Waals surface area contributed by atoms with Crippen molar-refractivity contribution in [3.05, 3.63) is 64.2 Å². The van der Waals surface area contributed by atoms with Crippen LogP contribution in [0.5, 0.6) is 0 Å². The van der Waals surface area contributed by atoms with Crippen LogP contribution < -0.4 is 10.6 Å². The van der Waals surface area contributed by atoms with Crippen LogP contribution in [0.2, 0.25) is 10.0 Å². The molecule has 0 amide bonds. The second kappa shape index (κ2) is 7.02. The van der Waals surface area contributed by atoms with E-state index < -0.39 is 5.82 Å². The fourth-order valence-corrected chi connectivity index (χ4v) is 2.88. The molecule has 9 heteroatoms. The van der Waals surface area contributed by atoms with Crippen LogP contribution >= 0.6 is 23.2 Å². The third kappa shape index (κ3) is 3.65. The lowest BCUT2D eigenvalue weighted by Gasteiger charge is -2.10. The molecule has 4 aromatic rings. The largest absolute Gasteiger partial charge is 0.338 e. The zero-order valence-corrected chi connectivity index (χ0v) is 15.5. The Morgan fingerprint density at radius 2 is 1.78 bits per heavy atom. The highest BCUT2D eigenvalue weighted by Gasteiger charge is 2.10. The molecule has 0 atom stereocenters. The van der Waals surface area contributed by atoms with Gasteiger partial charge in [0.25, 0.3) is 0 Å². The quantitative estimate of drug-likeness (QED) is 0.414. The molecule has 4 rings (SSSR count). The Morgan fingerprint density at radius 1 is 1.00 bits per heavy atom. The summed E-state index contributed by atoms with van der Waals surface area (Å²) in [7, 11) is 0. The van der Waals surface area contributed by atoms with Crippen molar-refractivity contribution in [3.63, 3.8) is 0 Å². The molecule has 0 aliphatic carbocycles. The number of nitrogens with one attached hydrogen (secondary N) is 3. The van der Waals surface area contributed by atoms with E-state index >= 15 is 0 Å². The minimum absolute atomic E-state index is 0.0199. The Hall–Kier alpha value is -2.90. The lowest BCUT2D eigenvalue weighted by atomic mass is 10.2. The molecule has 2 heterocycles. The second-order valence-corrected chi connectivity index (χ2v) is 6.65. The maximum absolute atomic E-state index is 14.1. The van der Waals surface area contributed by atoms with Crippen LogP contribution in [-0.4, -0.2) is 20.2 Å². The number of benzene rings is 2. The molecule has 27 heavy (non-hydrogen) atoms. The number of aryl methyl sites for hydroxylation is 1. The summed E-state index contributed by atoms with van der Waals surface area (Å²) in [5.74, 6) is -0.321. The fraction of sp³-hybridized carbons (Fsp3) is 0.0556. The molecule has 2 aromatic heterocycles. The molecule has 0 unspecified atom stereocenters. The van der Waals surface area contributed by atoms with Gasteiger partial charge in [-0.3, -0.25) is 5.10 Å². The van der Waals surface area contributed by atoms with Crippen LogP contribution in [0.3, 0.4) is 0 Å². The van der Waals surface area contributed by atoms with E-state index in [4.69, 9.17) is 23.2 Å². The predicted octanol–water partition coefficient (Wildman–Crippen LogP) is 5.59. The summed E-state index contributed by atoms with van der Waals surface area (Å²) in [5, 5.41) is 14.8. The molecule has 0 saturated carbocycles. The average Bonchev–Trinajstić information content (AvgIpc) is 3.02. The summed E-state index contributed by atoms with van der Waals surface area (Å²) in [5.41, 5.74) is 3.14. The van der Waals surface area contributed by atoms with Gasteiger partial charge in [0.05, 0.1) is 27.5 Å². The number of halogens is 3. The molecule has 3 N–H and O–H groups in total. The van der Waals surface area contributed by atoms with Gasteiger partial charge in [-0.25, -0.2) is 9.37 Å². The number of nitrogens with zero attached hydrogens (tertiary/aromatic N) is 3. The lowest BCUT2D eigenvalue weighted by molar-refractivity contribution is 0.619. The van der Waals surface area contributed by atoms with E-state index in [1.165, 1.54) is 0 Å². The fourth-order valence-electron chi connectivity index (χ4n) is 2.58. The van der Waals surface area contributed by atoms with Gasteiger partial charge < -0.3 is 10.6 Å². The standard InChI is InChI=1S/C18H13Cl2FN6/c1-9-12-6-10(3-5-16(12)27-26-9)24-18-22-8-15(21)17(25-18)23-11-2-4-13(19)14(20)7-11/h2-8H,1H3,(H,26,27)(H2,22,23,24,25). The van der Waals surface area contributed by atoms with Gasteiger partial charge in [0.15, 0.2) is 11.6 Å². The van der Waals surface area contributed by atoms with E-state index in [9.17, 15) is 4.39 Å². The minimum Gasteiger partial charge on any atom is -0.338 e. The van der Waals surface area contributed by atoms with Gasteiger partial charge in [-0.1, -0.05) is 23.2 Å². The highest BCUT2D eigenvalue weighted by Crippen LogP contribution is 2.28. The zero-order chi connectivity index (χ0) is 19.0. The van der Waals surface area contributed by atoms with Gasteiger partial charge in [0.2, 0.25) is 5.95 Å². The molecule has 0 bridgehead atoms. The summed E-state index contributed by atoms with van der Waals surface area (Å²) in [6.07, 6.45) is 1.09. The second-order valence-electron chi connectivity index (χ2n) is 5.84. The van der Waals surface area contributed by atoms with Crippen molar-refractivity contribution < 1.29 is 4.39 Å². The molecule has 0 spiro atoms. The SMILES string of the molecule is Cc1n[nH]c2ccc(Nc3ncc(F)c(Nc4ccc(Cl)c(Cl)c4)n3)cc12. The lowest BCUT2D eigenvalue weighted by Crippen LogP contribution is -2.03. The van der Waals surface area contributed by atoms with Crippen molar-refractivity contribution in [2.45, 2.75) is 6.92 Å². The van der Waals surface area contributed by atoms with Crippen molar-refractivity contribution in [1.82, 2.24) is 20.2 Å². The maximum Gasteiger partial charge on any atom is 0.229 e. The monoisotopic (exact) mass is 402 g/mol. The van der Waals surface area contributed by atoms with E-state index in [0.29, 0.717) is 15.7 Å². The minimum atomic E-state index is -0.590. The Balaban J connectivity index is 1.60. The van der Waals surface area contributed by atoms with E-state index in [-0.39, 0.29) is 11.8 Å². The number of rotatable bonds is 4. The summed E-state index contributed by atoms with van der Waals surface area (Å²) < 4.78 is 14.1. The predicted molar refractivity (Wildman–Crippen MR) is 106 cm³/mol. The molecule has 6 nitrogen and oxygen atoms in total. The van der Waals surface area contributed by atoms with Crippen LogP contribution in [0.4, 0.5) is 27.5 Å². The third-order valence-electron chi connectivity index (χ3n) is 3.94. The van der Waals surface area contributed by atoms with E-state index in [2.05, 4.69) is 30.8 Å². The average molecular weight is 403 g/mol. The van der Waals surface area contributed by atoms with Gasteiger partial charge in [-0.15, -0.1) is 0 Å². The van der Waals surface area contributed by atoms with Crippen LogP contribution in [-0.2, 0) is 0 Å². The Bertz CT molecular complexity index is 1140. The van der Waals surface area contributed by atoms with Crippen LogP contribution in [0, 0.1) is 12.7 Å². The Labute approximate surface area is 163 Å². The number of fused-ring (bicyclic) bond motifs is 1. The first-order valence-corrected chi connectivity index (χ1v) is 8.71.